The number of rotatable bonds is 6. The largest absolute Gasteiger partial charge is 0.352 e. The van der Waals surface area contributed by atoms with E-state index >= 15 is 0 Å². The van der Waals surface area contributed by atoms with Crippen molar-refractivity contribution in [2.75, 3.05) is 11.9 Å². The Kier molecular flexibility index (Phi) is 5.29. The van der Waals surface area contributed by atoms with Crippen LogP contribution >= 0.6 is 0 Å². The fourth-order valence-electron chi connectivity index (χ4n) is 1.68. The molecule has 1 heterocycles. The molecular weight excluding hydrogens is 241 g/mol. The molecule has 1 aromatic heterocycles. The maximum Gasteiger partial charge on any atom is 0.170 e. The van der Waals surface area contributed by atoms with E-state index in [-0.39, 0.29) is 11.4 Å². The second kappa shape index (κ2) is 6.33. The topological polar surface area (TPSA) is 28.2 Å². The van der Waals surface area contributed by atoms with Gasteiger partial charge in [0.25, 0.3) is 0 Å². The first-order valence-corrected chi connectivity index (χ1v) is 6.90. The maximum absolute atomic E-state index is 14.5. The van der Waals surface area contributed by atoms with E-state index in [0.717, 1.165) is 6.42 Å². The molecule has 0 radical (unpaired) electrons. The van der Waals surface area contributed by atoms with Gasteiger partial charge in [0.05, 0.1) is 0 Å². The summed E-state index contributed by atoms with van der Waals surface area (Å²) in [6, 6.07) is 2.07. The minimum Gasteiger partial charge on any atom is -0.352 e. The SMILES string of the molecule is CCC(C)(C)N(C)c1nccc(CNC(C)C)c1F. The lowest BCUT2D eigenvalue weighted by molar-refractivity contribution is 0.455. The predicted octanol–water partition coefficient (Wildman–Crippen LogP) is 3.34. The second-order valence-corrected chi connectivity index (χ2v) is 5.87. The highest BCUT2D eigenvalue weighted by molar-refractivity contribution is 5.44. The van der Waals surface area contributed by atoms with Crippen molar-refractivity contribution in [3.8, 4) is 0 Å². The van der Waals surface area contributed by atoms with Crippen LogP contribution in [0.1, 0.15) is 46.6 Å². The van der Waals surface area contributed by atoms with Gasteiger partial charge in [-0.05, 0) is 26.3 Å². The van der Waals surface area contributed by atoms with Gasteiger partial charge < -0.3 is 10.2 Å². The summed E-state index contributed by atoms with van der Waals surface area (Å²) in [5.74, 6) is 0.203. The molecule has 4 heteroatoms. The van der Waals surface area contributed by atoms with E-state index in [2.05, 4.69) is 31.1 Å². The van der Waals surface area contributed by atoms with Crippen LogP contribution in [0.4, 0.5) is 10.2 Å². The molecule has 0 saturated heterocycles. The van der Waals surface area contributed by atoms with Crippen LogP contribution in [0.3, 0.4) is 0 Å². The molecule has 19 heavy (non-hydrogen) atoms. The summed E-state index contributed by atoms with van der Waals surface area (Å²) in [5, 5.41) is 3.24. The second-order valence-electron chi connectivity index (χ2n) is 5.87. The molecule has 0 aliphatic rings. The number of hydrogen-bond donors (Lipinski definition) is 1. The van der Waals surface area contributed by atoms with E-state index in [1.807, 2.05) is 25.8 Å². The van der Waals surface area contributed by atoms with E-state index in [0.29, 0.717) is 24.0 Å². The van der Waals surface area contributed by atoms with Gasteiger partial charge in [0.1, 0.15) is 0 Å². The molecule has 3 nitrogen and oxygen atoms in total. The molecular formula is C15H26FN3. The molecule has 0 aromatic carbocycles. The van der Waals surface area contributed by atoms with Gasteiger partial charge >= 0.3 is 0 Å². The molecule has 0 aliphatic heterocycles. The fraction of sp³-hybridized carbons (Fsp3) is 0.667. The molecule has 0 saturated carbocycles. The predicted molar refractivity (Wildman–Crippen MR) is 78.9 cm³/mol. The van der Waals surface area contributed by atoms with Crippen LogP contribution in [0.5, 0.6) is 0 Å². The van der Waals surface area contributed by atoms with Gasteiger partial charge in [-0.25, -0.2) is 9.37 Å². The van der Waals surface area contributed by atoms with Crippen LogP contribution in [-0.4, -0.2) is 23.6 Å². The molecule has 0 spiro atoms. The van der Waals surface area contributed by atoms with Gasteiger partial charge in [0.15, 0.2) is 11.6 Å². The number of hydrogen-bond acceptors (Lipinski definition) is 3. The summed E-state index contributed by atoms with van der Waals surface area (Å²) in [4.78, 5) is 6.12. The molecule has 1 aromatic rings. The quantitative estimate of drug-likeness (QED) is 0.856. The Balaban J connectivity index is 3.00. The van der Waals surface area contributed by atoms with E-state index in [1.54, 1.807) is 12.3 Å². The van der Waals surface area contributed by atoms with Crippen LogP contribution in [-0.2, 0) is 6.54 Å². The van der Waals surface area contributed by atoms with Gasteiger partial charge in [0, 0.05) is 36.9 Å². The molecule has 0 amide bonds. The zero-order valence-electron chi connectivity index (χ0n) is 12.9. The molecule has 0 atom stereocenters. The first-order chi connectivity index (χ1) is 8.79. The molecule has 1 rings (SSSR count). The monoisotopic (exact) mass is 267 g/mol. The van der Waals surface area contributed by atoms with Crippen molar-refractivity contribution in [1.29, 1.82) is 0 Å². The van der Waals surface area contributed by atoms with Crippen molar-refractivity contribution in [2.24, 2.45) is 0 Å². The Bertz CT molecular complexity index is 416. The van der Waals surface area contributed by atoms with Crippen LogP contribution in [0.2, 0.25) is 0 Å². The number of aromatic nitrogens is 1. The van der Waals surface area contributed by atoms with Crippen molar-refractivity contribution in [3.05, 3.63) is 23.6 Å². The molecule has 1 N–H and O–H groups in total. The lowest BCUT2D eigenvalue weighted by atomic mass is 10.00. The molecule has 0 unspecified atom stereocenters. The van der Waals surface area contributed by atoms with Crippen molar-refractivity contribution in [2.45, 2.75) is 59.2 Å². The van der Waals surface area contributed by atoms with E-state index in [9.17, 15) is 4.39 Å². The fourth-order valence-corrected chi connectivity index (χ4v) is 1.68. The van der Waals surface area contributed by atoms with Gasteiger partial charge in [-0.3, -0.25) is 0 Å². The minimum atomic E-state index is -0.223. The number of nitrogens with zero attached hydrogens (tertiary/aromatic N) is 2. The van der Waals surface area contributed by atoms with Crippen LogP contribution in [0.15, 0.2) is 12.3 Å². The first kappa shape index (κ1) is 15.9. The third-order valence-electron chi connectivity index (χ3n) is 3.74. The van der Waals surface area contributed by atoms with Gasteiger partial charge in [-0.2, -0.15) is 0 Å². The first-order valence-electron chi connectivity index (χ1n) is 6.90. The zero-order chi connectivity index (χ0) is 14.6. The third kappa shape index (κ3) is 3.90. The summed E-state index contributed by atoms with van der Waals surface area (Å²) >= 11 is 0. The van der Waals surface area contributed by atoms with Crippen molar-refractivity contribution < 1.29 is 4.39 Å². The van der Waals surface area contributed by atoms with Gasteiger partial charge in [-0.15, -0.1) is 0 Å². The highest BCUT2D eigenvalue weighted by Gasteiger charge is 2.25. The standard InChI is InChI=1S/C15H26FN3/c1-7-15(4,5)19(6)14-13(16)12(8-9-17-14)10-18-11(2)3/h8-9,11,18H,7,10H2,1-6H3. The Morgan fingerprint density at radius 3 is 2.58 bits per heavy atom. The minimum absolute atomic E-state index is 0.113. The highest BCUT2D eigenvalue weighted by Crippen LogP contribution is 2.26. The highest BCUT2D eigenvalue weighted by atomic mass is 19.1. The number of anilines is 1. The lowest BCUT2D eigenvalue weighted by Gasteiger charge is -2.36. The molecule has 0 aliphatic carbocycles. The van der Waals surface area contributed by atoms with Crippen molar-refractivity contribution in [1.82, 2.24) is 10.3 Å². The smallest absolute Gasteiger partial charge is 0.170 e. The summed E-state index contributed by atoms with van der Waals surface area (Å²) in [6.07, 6.45) is 2.61. The van der Waals surface area contributed by atoms with Crippen LogP contribution < -0.4 is 10.2 Å². The Hall–Kier alpha value is -1.16. The van der Waals surface area contributed by atoms with Crippen LogP contribution in [0, 0.1) is 5.82 Å². The maximum atomic E-state index is 14.5. The summed E-state index contributed by atoms with van der Waals surface area (Å²) in [5.41, 5.74) is 0.551. The number of pyridine rings is 1. The van der Waals surface area contributed by atoms with Crippen molar-refractivity contribution in [3.63, 3.8) is 0 Å². The zero-order valence-corrected chi connectivity index (χ0v) is 12.9. The molecule has 0 bridgehead atoms. The molecule has 108 valence electrons. The average Bonchev–Trinajstić information content (AvgIpc) is 2.36. The number of halogens is 1. The van der Waals surface area contributed by atoms with E-state index in [1.165, 1.54) is 0 Å². The van der Waals surface area contributed by atoms with E-state index in [4.69, 9.17) is 0 Å². The van der Waals surface area contributed by atoms with E-state index < -0.39 is 0 Å². The summed E-state index contributed by atoms with van der Waals surface area (Å²) in [7, 11) is 1.90. The van der Waals surface area contributed by atoms with Crippen molar-refractivity contribution >= 4 is 5.82 Å². The van der Waals surface area contributed by atoms with Crippen LogP contribution in [0.25, 0.3) is 0 Å². The Morgan fingerprint density at radius 1 is 1.42 bits per heavy atom. The molecule has 0 fully saturated rings. The summed E-state index contributed by atoms with van der Waals surface area (Å²) < 4.78 is 14.5. The Morgan fingerprint density at radius 2 is 2.05 bits per heavy atom. The summed E-state index contributed by atoms with van der Waals surface area (Å²) in [6.45, 7) is 10.9. The lowest BCUT2D eigenvalue weighted by Crippen LogP contribution is -2.41. The third-order valence-corrected chi connectivity index (χ3v) is 3.74. The van der Waals surface area contributed by atoms with Gasteiger partial charge in [-0.1, -0.05) is 20.8 Å². The Labute approximate surface area is 116 Å². The van der Waals surface area contributed by atoms with Gasteiger partial charge in [0.2, 0.25) is 0 Å². The number of nitrogens with one attached hydrogen (secondary N) is 1. The average molecular weight is 267 g/mol. The normalized spacial score (nSPS) is 12.0.